The molecule has 0 radical (unpaired) electrons. The van der Waals surface area contributed by atoms with E-state index in [1.807, 2.05) is 0 Å². The third kappa shape index (κ3) is 4.09. The van der Waals surface area contributed by atoms with Crippen molar-refractivity contribution in [2.24, 2.45) is 14.1 Å². The van der Waals surface area contributed by atoms with Crippen molar-refractivity contribution in [1.29, 1.82) is 0 Å². The summed E-state index contributed by atoms with van der Waals surface area (Å²) in [5.41, 5.74) is -1.60. The average Bonchev–Trinajstić information content (AvgIpc) is 3.05. The van der Waals surface area contributed by atoms with E-state index in [1.54, 1.807) is 42.5 Å². The lowest BCUT2D eigenvalue weighted by Crippen LogP contribution is -2.46. The van der Waals surface area contributed by atoms with Crippen LogP contribution in [0.4, 0.5) is 13.2 Å². The van der Waals surface area contributed by atoms with Crippen LogP contribution in [-0.2, 0) is 30.9 Å². The van der Waals surface area contributed by atoms with Gasteiger partial charge in [-0.15, -0.1) is 0 Å². The Hall–Kier alpha value is -3.85. The molecule has 0 aliphatic carbocycles. The number of nitrogens with zero attached hydrogens (tertiary/aromatic N) is 2. The Bertz CT molecular complexity index is 1520. The Kier molecular flexibility index (Phi) is 6.30. The number of alkyl halides is 3. The molecule has 4 aromatic rings. The summed E-state index contributed by atoms with van der Waals surface area (Å²) in [6.07, 6.45) is -5.28. The number of benzene rings is 3. The van der Waals surface area contributed by atoms with Crippen molar-refractivity contribution in [2.75, 3.05) is 0 Å². The molecule has 0 aliphatic rings. The molecule has 0 spiro atoms. The summed E-state index contributed by atoms with van der Waals surface area (Å²) in [6.45, 7) is 1.31. The van der Waals surface area contributed by atoms with Gasteiger partial charge in [0.05, 0.1) is 17.5 Å². The lowest BCUT2D eigenvalue weighted by atomic mass is 9.75. The Morgan fingerprint density at radius 1 is 0.944 bits per heavy atom. The minimum atomic E-state index is -5.05. The Labute approximate surface area is 204 Å². The van der Waals surface area contributed by atoms with Gasteiger partial charge in [0, 0.05) is 20.0 Å². The molecule has 2 atom stereocenters. The maximum absolute atomic E-state index is 14.7. The predicted molar refractivity (Wildman–Crippen MR) is 130 cm³/mol. The van der Waals surface area contributed by atoms with E-state index in [0.29, 0.717) is 22.2 Å². The second-order valence-corrected chi connectivity index (χ2v) is 8.95. The molecule has 1 heterocycles. The average molecular weight is 499 g/mol. The van der Waals surface area contributed by atoms with Gasteiger partial charge < -0.3 is 10.2 Å². The number of aliphatic carboxylic acids is 1. The molecule has 36 heavy (non-hydrogen) atoms. The van der Waals surface area contributed by atoms with E-state index in [1.165, 1.54) is 54.4 Å². The number of carbonyl (C=O) groups is 1. The number of hydrogen-bond donors (Lipinski definition) is 2. The zero-order valence-electron chi connectivity index (χ0n) is 19.9. The van der Waals surface area contributed by atoms with E-state index in [2.05, 4.69) is 0 Å². The lowest BCUT2D eigenvalue weighted by Gasteiger charge is -2.37. The summed E-state index contributed by atoms with van der Waals surface area (Å²) in [5.74, 6) is -2.47. The number of carboxylic acid groups (broad SMARTS) is 1. The van der Waals surface area contributed by atoms with Gasteiger partial charge in [-0.25, -0.2) is 4.79 Å². The number of rotatable bonds is 6. The number of hydrogen-bond acceptors (Lipinski definition) is 3. The molecule has 2 unspecified atom stereocenters. The summed E-state index contributed by atoms with van der Waals surface area (Å²) in [4.78, 5) is 23.5. The standard InChI is InChI=1S/C27H25F3N2O4/c1-16(20-9-4-5-10-21(20)18-8-6-7-17(13-18)14-24(33)34)26(36,27(28,29)30)19-11-12-22-23(15-19)32(3)25(35)31(22)2/h4-13,15-16,36H,14H2,1-3H3,(H,33,34). The van der Waals surface area contributed by atoms with E-state index in [-0.39, 0.29) is 23.1 Å². The third-order valence-electron chi connectivity index (χ3n) is 6.79. The van der Waals surface area contributed by atoms with Crippen molar-refractivity contribution in [1.82, 2.24) is 9.13 Å². The molecule has 0 amide bonds. The van der Waals surface area contributed by atoms with Crippen LogP contribution in [0.5, 0.6) is 0 Å². The van der Waals surface area contributed by atoms with Crippen molar-refractivity contribution < 1.29 is 28.2 Å². The molecule has 3 aromatic carbocycles. The second kappa shape index (κ2) is 8.98. The molecule has 9 heteroatoms. The van der Waals surface area contributed by atoms with Gasteiger partial charge in [0.15, 0.2) is 5.60 Å². The fourth-order valence-corrected chi connectivity index (χ4v) is 4.79. The highest BCUT2D eigenvalue weighted by atomic mass is 19.4. The van der Waals surface area contributed by atoms with Crippen LogP contribution in [-0.4, -0.2) is 31.5 Å². The van der Waals surface area contributed by atoms with Gasteiger partial charge >= 0.3 is 17.8 Å². The van der Waals surface area contributed by atoms with Crippen LogP contribution in [0.3, 0.4) is 0 Å². The highest BCUT2D eigenvalue weighted by Gasteiger charge is 2.59. The molecule has 0 bridgehead atoms. The van der Waals surface area contributed by atoms with Gasteiger partial charge in [-0.2, -0.15) is 13.2 Å². The van der Waals surface area contributed by atoms with E-state index < -0.39 is 29.4 Å². The van der Waals surface area contributed by atoms with Crippen molar-refractivity contribution in [2.45, 2.75) is 31.0 Å². The second-order valence-electron chi connectivity index (χ2n) is 8.95. The van der Waals surface area contributed by atoms with Crippen LogP contribution in [0.25, 0.3) is 22.2 Å². The van der Waals surface area contributed by atoms with Crippen molar-refractivity contribution >= 4 is 17.0 Å². The molecular formula is C27H25F3N2O4. The van der Waals surface area contributed by atoms with Gasteiger partial charge in [-0.05, 0) is 39.9 Å². The van der Waals surface area contributed by atoms with Crippen LogP contribution in [0.15, 0.2) is 71.5 Å². The first-order chi connectivity index (χ1) is 16.9. The maximum atomic E-state index is 14.7. The lowest BCUT2D eigenvalue weighted by molar-refractivity contribution is -0.274. The number of fused-ring (bicyclic) bond motifs is 1. The number of halogens is 3. The highest BCUT2D eigenvalue weighted by Crippen LogP contribution is 2.50. The fourth-order valence-electron chi connectivity index (χ4n) is 4.79. The quantitative estimate of drug-likeness (QED) is 0.403. The fraction of sp³-hybridized carbons (Fsp3) is 0.259. The van der Waals surface area contributed by atoms with Gasteiger partial charge in [0.1, 0.15) is 0 Å². The van der Waals surface area contributed by atoms with Crippen molar-refractivity contribution in [3.8, 4) is 11.1 Å². The molecule has 188 valence electrons. The van der Waals surface area contributed by atoms with E-state index in [9.17, 15) is 27.9 Å². The summed E-state index contributed by atoms with van der Waals surface area (Å²) in [6, 6.07) is 16.8. The number of carboxylic acids is 1. The number of imidazole rings is 1. The maximum Gasteiger partial charge on any atom is 0.422 e. The monoisotopic (exact) mass is 498 g/mol. The zero-order valence-corrected chi connectivity index (χ0v) is 19.9. The highest BCUT2D eigenvalue weighted by molar-refractivity contribution is 5.77. The Morgan fingerprint density at radius 3 is 2.28 bits per heavy atom. The molecule has 4 rings (SSSR count). The van der Waals surface area contributed by atoms with Crippen molar-refractivity contribution in [3.63, 3.8) is 0 Å². The first-order valence-electron chi connectivity index (χ1n) is 11.2. The van der Waals surface area contributed by atoms with Crippen LogP contribution in [0.2, 0.25) is 0 Å². The van der Waals surface area contributed by atoms with Gasteiger partial charge in [-0.1, -0.05) is 61.5 Å². The van der Waals surface area contributed by atoms with Crippen LogP contribution in [0.1, 0.15) is 29.5 Å². The number of aryl methyl sites for hydroxylation is 2. The van der Waals surface area contributed by atoms with Crippen LogP contribution < -0.4 is 5.69 Å². The topological polar surface area (TPSA) is 84.5 Å². The smallest absolute Gasteiger partial charge is 0.422 e. The number of aromatic nitrogens is 2. The largest absolute Gasteiger partial charge is 0.481 e. The SMILES string of the molecule is CC(c1ccccc1-c1cccc(CC(=O)O)c1)C(O)(c1ccc2c(c1)n(C)c(=O)n2C)C(F)(F)F. The minimum Gasteiger partial charge on any atom is -0.481 e. The summed E-state index contributed by atoms with van der Waals surface area (Å²) >= 11 is 0. The van der Waals surface area contributed by atoms with E-state index in [0.717, 1.165) is 0 Å². The van der Waals surface area contributed by atoms with Crippen LogP contribution in [0, 0.1) is 0 Å². The normalized spacial score (nSPS) is 14.5. The molecule has 0 fully saturated rings. The summed E-state index contributed by atoms with van der Waals surface area (Å²) in [5, 5.41) is 20.5. The molecule has 0 aliphatic heterocycles. The zero-order chi connectivity index (χ0) is 26.4. The van der Waals surface area contributed by atoms with Gasteiger partial charge in [-0.3, -0.25) is 13.9 Å². The van der Waals surface area contributed by atoms with E-state index >= 15 is 0 Å². The molecule has 6 nitrogen and oxygen atoms in total. The summed E-state index contributed by atoms with van der Waals surface area (Å²) < 4.78 is 46.6. The van der Waals surface area contributed by atoms with Crippen molar-refractivity contribution in [3.05, 3.63) is 93.9 Å². The molecule has 1 aromatic heterocycles. The molecule has 0 saturated heterocycles. The van der Waals surface area contributed by atoms with Gasteiger partial charge in [0.25, 0.3) is 0 Å². The third-order valence-corrected chi connectivity index (χ3v) is 6.79. The molecule has 0 saturated carbocycles. The Morgan fingerprint density at radius 2 is 1.61 bits per heavy atom. The summed E-state index contributed by atoms with van der Waals surface area (Å²) in [7, 11) is 2.99. The molecule has 2 N–H and O–H groups in total. The minimum absolute atomic E-state index is 0.228. The van der Waals surface area contributed by atoms with E-state index in [4.69, 9.17) is 5.11 Å². The first kappa shape index (κ1) is 25.2. The first-order valence-corrected chi connectivity index (χ1v) is 11.2. The van der Waals surface area contributed by atoms with Crippen LogP contribution >= 0.6 is 0 Å². The number of aliphatic hydroxyl groups is 1. The molecular weight excluding hydrogens is 473 g/mol. The predicted octanol–water partition coefficient (Wildman–Crippen LogP) is 4.72. The Balaban J connectivity index is 1.89. The van der Waals surface area contributed by atoms with Gasteiger partial charge in [0.2, 0.25) is 0 Å².